The van der Waals surface area contributed by atoms with Crippen molar-refractivity contribution in [1.82, 2.24) is 9.80 Å². The maximum Gasteiger partial charge on any atom is 0.239 e. The van der Waals surface area contributed by atoms with Crippen molar-refractivity contribution < 1.29 is 4.79 Å². The molecule has 7 heteroatoms. The molecule has 2 saturated heterocycles. The van der Waals surface area contributed by atoms with Gasteiger partial charge in [-0.15, -0.1) is 11.8 Å². The highest BCUT2D eigenvalue weighted by molar-refractivity contribution is 8.21. The zero-order chi connectivity index (χ0) is 19.4. The lowest BCUT2D eigenvalue weighted by molar-refractivity contribution is -0.131. The Hall–Kier alpha value is -0.560. The van der Waals surface area contributed by atoms with Gasteiger partial charge in [-0.05, 0) is 80.0 Å². The number of nitrogens with zero attached hydrogens (tertiary/aromatic N) is 3. The van der Waals surface area contributed by atoms with Gasteiger partial charge in [0.05, 0.1) is 10.1 Å². The van der Waals surface area contributed by atoms with E-state index in [4.69, 9.17) is 10.7 Å². The minimum Gasteiger partial charge on any atom is -0.369 e. The summed E-state index contributed by atoms with van der Waals surface area (Å²) in [6, 6.07) is 8.46. The summed E-state index contributed by atoms with van der Waals surface area (Å²) in [6.07, 6.45) is 2.24. The standard InChI is InChI=1S/C20H30ClN3OS2/c1-16-24(19(25)20(2,3)26-16)10-5-4-9-22-11-13-23(14-12-22)17-7-6-8-18(15-17)27-21/h6-8,15-16H,4-5,9-14H2,1-3H3. The maximum absolute atomic E-state index is 12.4. The van der Waals surface area contributed by atoms with E-state index in [1.807, 2.05) is 19.9 Å². The predicted molar refractivity (Wildman–Crippen MR) is 119 cm³/mol. The molecule has 2 heterocycles. The van der Waals surface area contributed by atoms with E-state index in [0.29, 0.717) is 11.3 Å². The van der Waals surface area contributed by atoms with E-state index in [1.54, 1.807) is 11.8 Å². The topological polar surface area (TPSA) is 26.8 Å². The molecular weight excluding hydrogens is 398 g/mol. The van der Waals surface area contributed by atoms with E-state index in [0.717, 1.165) is 57.0 Å². The van der Waals surface area contributed by atoms with Crippen LogP contribution in [0.1, 0.15) is 33.6 Å². The normalized spacial score (nSPS) is 23.3. The van der Waals surface area contributed by atoms with E-state index in [2.05, 4.69) is 39.8 Å². The van der Waals surface area contributed by atoms with Crippen LogP contribution in [-0.2, 0) is 4.79 Å². The molecule has 1 aromatic rings. The van der Waals surface area contributed by atoms with Crippen LogP contribution in [0.3, 0.4) is 0 Å². The average molecular weight is 428 g/mol. The first-order valence-corrected chi connectivity index (χ1v) is 12.3. The Morgan fingerprint density at radius 2 is 1.89 bits per heavy atom. The molecule has 27 heavy (non-hydrogen) atoms. The third-order valence-electron chi connectivity index (χ3n) is 5.45. The number of anilines is 1. The third kappa shape index (κ3) is 5.28. The highest BCUT2D eigenvalue weighted by Crippen LogP contribution is 2.39. The molecule has 0 radical (unpaired) electrons. The quantitative estimate of drug-likeness (QED) is 0.595. The number of carbonyl (C=O) groups excluding carboxylic acids is 1. The number of amides is 1. The third-order valence-corrected chi connectivity index (χ3v) is 7.77. The molecule has 2 aliphatic heterocycles. The summed E-state index contributed by atoms with van der Waals surface area (Å²) in [5.41, 5.74) is 1.27. The van der Waals surface area contributed by atoms with Crippen molar-refractivity contribution in [3.63, 3.8) is 0 Å². The number of rotatable bonds is 7. The predicted octanol–water partition coefficient (Wildman–Crippen LogP) is 4.53. The monoisotopic (exact) mass is 427 g/mol. The van der Waals surface area contributed by atoms with Crippen molar-refractivity contribution >= 4 is 45.0 Å². The first kappa shape index (κ1) is 21.2. The first-order valence-electron chi connectivity index (χ1n) is 9.75. The fourth-order valence-corrected chi connectivity index (χ4v) is 5.89. The lowest BCUT2D eigenvalue weighted by Gasteiger charge is -2.36. The summed E-state index contributed by atoms with van der Waals surface area (Å²) in [5.74, 6) is 0.297. The van der Waals surface area contributed by atoms with Crippen LogP contribution in [0.5, 0.6) is 0 Å². The number of hydrogen-bond acceptors (Lipinski definition) is 5. The number of piperazine rings is 1. The SMILES string of the molecule is CC1SC(C)(C)C(=O)N1CCCCN1CCN(c2cccc(SCl)c2)CC1. The second-order valence-corrected chi connectivity index (χ2v) is 10.9. The van der Waals surface area contributed by atoms with Crippen molar-refractivity contribution in [2.24, 2.45) is 0 Å². The molecule has 0 saturated carbocycles. The molecule has 1 aromatic carbocycles. The molecule has 150 valence electrons. The Labute approximate surface area is 176 Å². The van der Waals surface area contributed by atoms with Crippen LogP contribution in [0.2, 0.25) is 0 Å². The van der Waals surface area contributed by atoms with Crippen molar-refractivity contribution in [2.45, 2.75) is 48.6 Å². The van der Waals surface area contributed by atoms with Crippen LogP contribution >= 0.6 is 33.4 Å². The number of unbranched alkanes of at least 4 members (excludes halogenated alkanes) is 1. The average Bonchev–Trinajstić information content (AvgIpc) is 2.86. The highest BCUT2D eigenvalue weighted by atomic mass is 35.7. The molecule has 4 nitrogen and oxygen atoms in total. The number of carbonyl (C=O) groups is 1. The Bertz CT molecular complexity index is 650. The van der Waals surface area contributed by atoms with Crippen LogP contribution in [0, 0.1) is 0 Å². The molecule has 1 amide bonds. The number of benzene rings is 1. The lowest BCUT2D eigenvalue weighted by atomic mass is 10.1. The van der Waals surface area contributed by atoms with Gasteiger partial charge in [-0.25, -0.2) is 0 Å². The van der Waals surface area contributed by atoms with Crippen molar-refractivity contribution in [3.8, 4) is 0 Å². The summed E-state index contributed by atoms with van der Waals surface area (Å²) in [4.78, 5) is 20.6. The molecule has 0 N–H and O–H groups in total. The van der Waals surface area contributed by atoms with Gasteiger partial charge < -0.3 is 9.80 Å². The second-order valence-electron chi connectivity index (χ2n) is 7.84. The van der Waals surface area contributed by atoms with Gasteiger partial charge in [0.25, 0.3) is 0 Å². The van der Waals surface area contributed by atoms with Gasteiger partial charge in [-0.3, -0.25) is 9.69 Å². The summed E-state index contributed by atoms with van der Waals surface area (Å²) in [5, 5.41) is 0.304. The molecule has 2 aliphatic rings. The van der Waals surface area contributed by atoms with Crippen LogP contribution < -0.4 is 4.90 Å². The molecular formula is C20H30ClN3OS2. The first-order chi connectivity index (χ1) is 12.9. The maximum atomic E-state index is 12.4. The Morgan fingerprint density at radius 1 is 1.19 bits per heavy atom. The molecule has 3 rings (SSSR count). The molecule has 1 unspecified atom stereocenters. The Morgan fingerprint density at radius 3 is 2.52 bits per heavy atom. The van der Waals surface area contributed by atoms with Gasteiger partial charge in [-0.2, -0.15) is 0 Å². The van der Waals surface area contributed by atoms with Gasteiger partial charge in [0.15, 0.2) is 0 Å². The van der Waals surface area contributed by atoms with Gasteiger partial charge in [0.2, 0.25) is 5.91 Å². The molecule has 0 aliphatic carbocycles. The van der Waals surface area contributed by atoms with Crippen LogP contribution in [-0.4, -0.2) is 65.1 Å². The van der Waals surface area contributed by atoms with Crippen molar-refractivity contribution in [2.75, 3.05) is 44.2 Å². The number of thioether (sulfide) groups is 1. The molecule has 0 aromatic heterocycles. The van der Waals surface area contributed by atoms with E-state index < -0.39 is 0 Å². The Kier molecular flexibility index (Phi) is 7.28. The van der Waals surface area contributed by atoms with E-state index in [9.17, 15) is 4.79 Å². The fourth-order valence-electron chi connectivity index (χ4n) is 3.91. The minimum atomic E-state index is -0.255. The van der Waals surface area contributed by atoms with Crippen LogP contribution in [0.15, 0.2) is 29.2 Å². The smallest absolute Gasteiger partial charge is 0.239 e. The van der Waals surface area contributed by atoms with Crippen molar-refractivity contribution in [1.29, 1.82) is 0 Å². The van der Waals surface area contributed by atoms with Crippen LogP contribution in [0.4, 0.5) is 5.69 Å². The molecule has 0 bridgehead atoms. The van der Waals surface area contributed by atoms with Gasteiger partial charge in [-0.1, -0.05) is 6.07 Å². The molecule has 2 fully saturated rings. The van der Waals surface area contributed by atoms with E-state index in [1.165, 1.54) is 16.7 Å². The van der Waals surface area contributed by atoms with E-state index >= 15 is 0 Å². The number of hydrogen-bond donors (Lipinski definition) is 0. The summed E-state index contributed by atoms with van der Waals surface area (Å²) >= 11 is 1.78. The summed E-state index contributed by atoms with van der Waals surface area (Å²) < 4.78 is -0.255. The zero-order valence-corrected chi connectivity index (χ0v) is 18.9. The fraction of sp³-hybridized carbons (Fsp3) is 0.650. The summed E-state index contributed by atoms with van der Waals surface area (Å²) in [7, 11) is 7.15. The van der Waals surface area contributed by atoms with Gasteiger partial charge >= 0.3 is 0 Å². The highest BCUT2D eigenvalue weighted by Gasteiger charge is 2.43. The minimum absolute atomic E-state index is 0.255. The zero-order valence-electron chi connectivity index (χ0n) is 16.5. The second kappa shape index (κ2) is 9.29. The van der Waals surface area contributed by atoms with Gasteiger partial charge in [0.1, 0.15) is 0 Å². The van der Waals surface area contributed by atoms with E-state index in [-0.39, 0.29) is 4.75 Å². The Balaban J connectivity index is 1.37. The molecule has 0 spiro atoms. The molecule has 1 atom stereocenters. The lowest BCUT2D eigenvalue weighted by Crippen LogP contribution is -2.46. The number of halogens is 1. The van der Waals surface area contributed by atoms with Gasteiger partial charge in [0, 0.05) is 43.3 Å². The van der Waals surface area contributed by atoms with Crippen molar-refractivity contribution in [3.05, 3.63) is 24.3 Å². The van der Waals surface area contributed by atoms with Crippen LogP contribution in [0.25, 0.3) is 0 Å². The summed E-state index contributed by atoms with van der Waals surface area (Å²) in [6.45, 7) is 12.5. The largest absolute Gasteiger partial charge is 0.369 e.